The van der Waals surface area contributed by atoms with Crippen molar-refractivity contribution in [3.63, 3.8) is 0 Å². The van der Waals surface area contributed by atoms with E-state index in [2.05, 4.69) is 5.84 Å². The Hall–Kier alpha value is -0.420. The number of halogens is 3. The van der Waals surface area contributed by atoms with Crippen molar-refractivity contribution in [1.82, 2.24) is 5.43 Å². The van der Waals surface area contributed by atoms with Gasteiger partial charge < -0.3 is 0 Å². The molecule has 0 spiro atoms. The minimum absolute atomic E-state index is 0. The molecule has 10 heavy (non-hydrogen) atoms. The van der Waals surface area contributed by atoms with Gasteiger partial charge in [0.05, 0.1) is 0 Å². The van der Waals surface area contributed by atoms with Gasteiger partial charge in [-0.3, -0.25) is 10.2 Å². The van der Waals surface area contributed by atoms with Crippen molar-refractivity contribution in [2.24, 2.45) is 11.8 Å². The summed E-state index contributed by atoms with van der Waals surface area (Å²) in [4.78, 5) is 10.3. The number of alkyl halides is 2. The third kappa shape index (κ3) is 1.54. The highest BCUT2D eigenvalue weighted by atomic mass is 35.5. The van der Waals surface area contributed by atoms with Gasteiger partial charge in [-0.1, -0.05) is 0 Å². The standard InChI is InChI=1S/C4H6F2N2O.ClH/c5-4(6)1-2(4)3(9)8-7;/h2H,1,7H2,(H,8,9);1H/t2-;/m1./s1. The Morgan fingerprint density at radius 1 is 1.70 bits per heavy atom. The van der Waals surface area contributed by atoms with Gasteiger partial charge in [0, 0.05) is 6.42 Å². The van der Waals surface area contributed by atoms with E-state index in [9.17, 15) is 13.6 Å². The highest BCUT2D eigenvalue weighted by Gasteiger charge is 2.61. The van der Waals surface area contributed by atoms with Crippen LogP contribution in [0.4, 0.5) is 8.78 Å². The maximum Gasteiger partial charge on any atom is 0.260 e. The molecule has 6 heteroatoms. The Kier molecular flexibility index (Phi) is 2.56. The highest BCUT2D eigenvalue weighted by molar-refractivity contribution is 5.85. The molecule has 60 valence electrons. The minimum Gasteiger partial charge on any atom is -0.294 e. The second kappa shape index (κ2) is 2.67. The van der Waals surface area contributed by atoms with Crippen molar-refractivity contribution in [3.05, 3.63) is 0 Å². The van der Waals surface area contributed by atoms with Crippen molar-refractivity contribution in [2.45, 2.75) is 12.3 Å². The first-order chi connectivity index (χ1) is 4.08. The lowest BCUT2D eigenvalue weighted by molar-refractivity contribution is -0.124. The second-order valence-electron chi connectivity index (χ2n) is 2.03. The number of hydrogen-bond donors (Lipinski definition) is 2. The maximum atomic E-state index is 11.9. The number of hydrazine groups is 1. The first-order valence-electron chi connectivity index (χ1n) is 2.46. The summed E-state index contributed by atoms with van der Waals surface area (Å²) in [6, 6.07) is 0. The van der Waals surface area contributed by atoms with Gasteiger partial charge in [0.25, 0.3) is 5.92 Å². The van der Waals surface area contributed by atoms with E-state index in [4.69, 9.17) is 0 Å². The van der Waals surface area contributed by atoms with E-state index >= 15 is 0 Å². The number of carbonyl (C=O) groups is 1. The van der Waals surface area contributed by atoms with Crippen LogP contribution >= 0.6 is 12.4 Å². The molecule has 0 aromatic rings. The summed E-state index contributed by atoms with van der Waals surface area (Å²) >= 11 is 0. The van der Waals surface area contributed by atoms with Gasteiger partial charge in [-0.15, -0.1) is 12.4 Å². The molecule has 3 N–H and O–H groups in total. The summed E-state index contributed by atoms with van der Waals surface area (Å²) in [5.74, 6) is -0.157. The van der Waals surface area contributed by atoms with E-state index in [-0.39, 0.29) is 18.8 Å². The van der Waals surface area contributed by atoms with Crippen molar-refractivity contribution < 1.29 is 13.6 Å². The Morgan fingerprint density at radius 3 is 2.20 bits per heavy atom. The molecule has 1 amide bonds. The number of rotatable bonds is 1. The van der Waals surface area contributed by atoms with Crippen LogP contribution in [0.2, 0.25) is 0 Å². The fourth-order valence-electron chi connectivity index (χ4n) is 0.598. The Balaban J connectivity index is 0.000000810. The third-order valence-corrected chi connectivity index (χ3v) is 1.28. The number of amides is 1. The smallest absolute Gasteiger partial charge is 0.260 e. The summed E-state index contributed by atoms with van der Waals surface area (Å²) in [7, 11) is 0. The van der Waals surface area contributed by atoms with Crippen LogP contribution in [0.15, 0.2) is 0 Å². The molecule has 1 fully saturated rings. The SMILES string of the molecule is Cl.NNC(=O)[C@H]1CC1(F)F. The molecule has 0 saturated heterocycles. The molecule has 1 atom stereocenters. The molecule has 1 aliphatic carbocycles. The van der Waals surface area contributed by atoms with E-state index in [1.807, 2.05) is 0 Å². The quantitative estimate of drug-likeness (QED) is 0.334. The third-order valence-electron chi connectivity index (χ3n) is 1.28. The zero-order chi connectivity index (χ0) is 7.07. The van der Waals surface area contributed by atoms with Crippen LogP contribution in [0, 0.1) is 5.92 Å². The molecule has 0 heterocycles. The fraction of sp³-hybridized carbons (Fsp3) is 0.750. The Morgan fingerprint density at radius 2 is 2.10 bits per heavy atom. The lowest BCUT2D eigenvalue weighted by Crippen LogP contribution is -2.32. The van der Waals surface area contributed by atoms with Crippen molar-refractivity contribution in [2.75, 3.05) is 0 Å². The predicted molar refractivity (Wildman–Crippen MR) is 32.6 cm³/mol. The van der Waals surface area contributed by atoms with E-state index in [0.717, 1.165) is 0 Å². The first kappa shape index (κ1) is 9.58. The molecule has 1 aliphatic rings. The summed E-state index contributed by atoms with van der Waals surface area (Å²) in [6.45, 7) is 0. The summed E-state index contributed by atoms with van der Waals surface area (Å²) in [5, 5.41) is 0. The largest absolute Gasteiger partial charge is 0.294 e. The molecular weight excluding hydrogens is 166 g/mol. The van der Waals surface area contributed by atoms with Crippen molar-refractivity contribution >= 4 is 18.3 Å². The van der Waals surface area contributed by atoms with Gasteiger partial charge in [-0.05, 0) is 0 Å². The number of hydrogen-bond acceptors (Lipinski definition) is 2. The van der Waals surface area contributed by atoms with Gasteiger partial charge in [-0.25, -0.2) is 14.6 Å². The monoisotopic (exact) mass is 172 g/mol. The minimum atomic E-state index is -2.80. The lowest BCUT2D eigenvalue weighted by atomic mass is 10.4. The van der Waals surface area contributed by atoms with Gasteiger partial charge in [0.1, 0.15) is 5.92 Å². The molecule has 0 aromatic carbocycles. The summed E-state index contributed by atoms with van der Waals surface area (Å²) in [5.41, 5.74) is 1.66. The average molecular weight is 173 g/mol. The zero-order valence-corrected chi connectivity index (χ0v) is 5.75. The molecule has 0 aromatic heterocycles. The van der Waals surface area contributed by atoms with Crippen molar-refractivity contribution in [1.29, 1.82) is 0 Å². The van der Waals surface area contributed by atoms with Gasteiger partial charge in [0.2, 0.25) is 5.91 Å². The molecule has 0 unspecified atom stereocenters. The average Bonchev–Trinajstić information content (AvgIpc) is 2.38. The van der Waals surface area contributed by atoms with Gasteiger partial charge in [0.15, 0.2) is 0 Å². The van der Waals surface area contributed by atoms with Crippen LogP contribution in [-0.2, 0) is 4.79 Å². The van der Waals surface area contributed by atoms with Crippen LogP contribution in [0.5, 0.6) is 0 Å². The molecule has 1 rings (SSSR count). The predicted octanol–water partition coefficient (Wildman–Crippen LogP) is 0.0533. The van der Waals surface area contributed by atoms with E-state index < -0.39 is 17.7 Å². The van der Waals surface area contributed by atoms with Crippen LogP contribution in [0.3, 0.4) is 0 Å². The maximum absolute atomic E-state index is 11.9. The van der Waals surface area contributed by atoms with Crippen LogP contribution in [-0.4, -0.2) is 11.8 Å². The van der Waals surface area contributed by atoms with Crippen molar-refractivity contribution in [3.8, 4) is 0 Å². The van der Waals surface area contributed by atoms with Gasteiger partial charge >= 0.3 is 0 Å². The molecule has 0 aliphatic heterocycles. The normalized spacial score (nSPS) is 26.5. The zero-order valence-electron chi connectivity index (χ0n) is 4.93. The molecule has 0 bridgehead atoms. The molecule has 3 nitrogen and oxygen atoms in total. The second-order valence-corrected chi connectivity index (χ2v) is 2.03. The number of carbonyl (C=O) groups excluding carboxylic acids is 1. The molecular formula is C4H7ClF2N2O. The van der Waals surface area contributed by atoms with E-state index in [1.54, 1.807) is 5.43 Å². The van der Waals surface area contributed by atoms with Gasteiger partial charge in [-0.2, -0.15) is 0 Å². The fourth-order valence-corrected chi connectivity index (χ4v) is 0.598. The molecule has 1 saturated carbocycles. The number of nitrogens with two attached hydrogens (primary N) is 1. The summed E-state index contributed by atoms with van der Waals surface area (Å²) in [6.07, 6.45) is -0.365. The van der Waals surface area contributed by atoms with E-state index in [0.29, 0.717) is 0 Å². The Labute approximate surface area is 62.3 Å². The summed E-state index contributed by atoms with van der Waals surface area (Å²) < 4.78 is 23.8. The Bertz CT molecular complexity index is 152. The van der Waals surface area contributed by atoms with E-state index in [1.165, 1.54) is 0 Å². The van der Waals surface area contributed by atoms with Crippen LogP contribution in [0.1, 0.15) is 6.42 Å². The highest BCUT2D eigenvalue weighted by Crippen LogP contribution is 2.48. The lowest BCUT2D eigenvalue weighted by Gasteiger charge is -1.93. The first-order valence-corrected chi connectivity index (χ1v) is 2.46. The molecule has 0 radical (unpaired) electrons. The number of nitrogens with one attached hydrogen (secondary N) is 1. The van der Waals surface area contributed by atoms with Crippen LogP contribution in [0.25, 0.3) is 0 Å². The van der Waals surface area contributed by atoms with Crippen LogP contribution < -0.4 is 11.3 Å². The topological polar surface area (TPSA) is 55.1 Å².